The van der Waals surface area contributed by atoms with Crippen LogP contribution in [0.5, 0.6) is 0 Å². The predicted octanol–water partition coefficient (Wildman–Crippen LogP) is 5.83. The van der Waals surface area contributed by atoms with Crippen molar-refractivity contribution in [3.8, 4) is 5.69 Å². The summed E-state index contributed by atoms with van der Waals surface area (Å²) in [5, 5.41) is 3.34. The van der Waals surface area contributed by atoms with Crippen LogP contribution in [0.25, 0.3) is 5.69 Å². The monoisotopic (exact) mass is 510 g/mol. The highest BCUT2D eigenvalue weighted by Gasteiger charge is 2.51. The van der Waals surface area contributed by atoms with Crippen molar-refractivity contribution in [2.24, 2.45) is 17.8 Å². The van der Waals surface area contributed by atoms with Gasteiger partial charge in [0.2, 0.25) is 5.78 Å². The maximum Gasteiger partial charge on any atom is 0.339 e. The lowest BCUT2D eigenvalue weighted by atomic mass is 9.53. The SMILES string of the molecule is Cc1cc(C(=O)COC(=O)c2ccccc2C(=O)NC23CC4CC(CC(C4)C2)C3)c(C)n1-c1ccccc1. The largest absolute Gasteiger partial charge is 0.454 e. The van der Waals surface area contributed by atoms with E-state index in [4.69, 9.17) is 4.74 Å². The molecule has 0 aliphatic heterocycles. The molecule has 4 aliphatic carbocycles. The number of aromatic nitrogens is 1. The first kappa shape index (κ1) is 24.7. The molecule has 6 heteroatoms. The second-order valence-corrected chi connectivity index (χ2v) is 11.7. The van der Waals surface area contributed by atoms with Gasteiger partial charge in [0, 0.05) is 28.2 Å². The van der Waals surface area contributed by atoms with Crippen LogP contribution >= 0.6 is 0 Å². The first-order chi connectivity index (χ1) is 18.3. The third-order valence-corrected chi connectivity index (χ3v) is 8.89. The minimum Gasteiger partial charge on any atom is -0.454 e. The molecule has 4 fully saturated rings. The molecule has 1 aromatic heterocycles. The highest BCUT2D eigenvalue weighted by Crippen LogP contribution is 2.55. The Kier molecular flexibility index (Phi) is 6.21. The molecule has 7 rings (SSSR count). The number of carbonyl (C=O) groups is 3. The highest BCUT2D eigenvalue weighted by molar-refractivity contribution is 6.06. The van der Waals surface area contributed by atoms with Gasteiger partial charge in [-0.05, 0) is 100 Å². The summed E-state index contributed by atoms with van der Waals surface area (Å²) in [6, 6.07) is 18.4. The van der Waals surface area contributed by atoms with Crippen molar-refractivity contribution in [2.45, 2.75) is 57.9 Å². The number of para-hydroxylation sites is 1. The van der Waals surface area contributed by atoms with Crippen LogP contribution in [0, 0.1) is 31.6 Å². The molecule has 2 aromatic carbocycles. The number of Topliss-reactive ketones (excluding diaryl/α,β-unsaturated/α-hetero) is 1. The average Bonchev–Trinajstić information content (AvgIpc) is 3.20. The van der Waals surface area contributed by atoms with Crippen molar-refractivity contribution in [1.82, 2.24) is 9.88 Å². The number of benzene rings is 2. The van der Waals surface area contributed by atoms with Gasteiger partial charge >= 0.3 is 5.97 Å². The summed E-state index contributed by atoms with van der Waals surface area (Å²) in [4.78, 5) is 39.6. The normalized spacial score (nSPS) is 25.3. The minimum atomic E-state index is -0.661. The van der Waals surface area contributed by atoms with Gasteiger partial charge in [-0.15, -0.1) is 0 Å². The number of ketones is 1. The third-order valence-electron chi connectivity index (χ3n) is 8.89. The van der Waals surface area contributed by atoms with Crippen LogP contribution in [0.15, 0.2) is 60.7 Å². The van der Waals surface area contributed by atoms with Gasteiger partial charge in [0.25, 0.3) is 5.91 Å². The Labute approximate surface area is 223 Å². The smallest absolute Gasteiger partial charge is 0.339 e. The van der Waals surface area contributed by atoms with E-state index in [0.717, 1.165) is 36.3 Å². The molecular weight excluding hydrogens is 476 g/mol. The Balaban J connectivity index is 1.15. The van der Waals surface area contributed by atoms with Gasteiger partial charge in [-0.3, -0.25) is 9.59 Å². The molecule has 0 atom stereocenters. The fourth-order valence-electron chi connectivity index (χ4n) is 7.74. The number of rotatable bonds is 7. The quantitative estimate of drug-likeness (QED) is 0.320. The number of nitrogens with zero attached hydrogens (tertiary/aromatic N) is 1. The number of amides is 1. The summed E-state index contributed by atoms with van der Waals surface area (Å²) in [7, 11) is 0. The molecule has 0 radical (unpaired) electrons. The van der Waals surface area contributed by atoms with E-state index < -0.39 is 5.97 Å². The molecule has 4 saturated carbocycles. The molecule has 0 spiro atoms. The van der Waals surface area contributed by atoms with Crippen molar-refractivity contribution in [1.29, 1.82) is 0 Å². The van der Waals surface area contributed by atoms with Crippen LogP contribution in [-0.2, 0) is 4.74 Å². The highest BCUT2D eigenvalue weighted by atomic mass is 16.5. The molecule has 1 N–H and O–H groups in total. The summed E-state index contributed by atoms with van der Waals surface area (Å²) < 4.78 is 7.47. The van der Waals surface area contributed by atoms with Crippen LogP contribution in [0.2, 0.25) is 0 Å². The summed E-state index contributed by atoms with van der Waals surface area (Å²) >= 11 is 0. The topological polar surface area (TPSA) is 77.4 Å². The lowest BCUT2D eigenvalue weighted by molar-refractivity contribution is -0.0167. The van der Waals surface area contributed by atoms with Gasteiger partial charge in [-0.2, -0.15) is 0 Å². The van der Waals surface area contributed by atoms with E-state index in [0.29, 0.717) is 28.9 Å². The summed E-state index contributed by atoms with van der Waals surface area (Å²) in [6.45, 7) is 3.45. The standard InChI is InChI=1S/C32H34N2O4/c1-20-12-28(21(2)34(20)25-8-4-3-5-9-25)29(35)19-38-31(37)27-11-7-6-10-26(27)30(36)33-32-16-22-13-23(17-32)15-24(14-22)18-32/h3-12,22-24H,13-19H2,1-2H3,(H,33,36). The number of hydrogen-bond acceptors (Lipinski definition) is 4. The van der Waals surface area contributed by atoms with Crippen LogP contribution < -0.4 is 5.32 Å². The Morgan fingerprint density at radius 3 is 2.05 bits per heavy atom. The van der Waals surface area contributed by atoms with E-state index >= 15 is 0 Å². The van der Waals surface area contributed by atoms with E-state index in [1.165, 1.54) is 19.3 Å². The van der Waals surface area contributed by atoms with Crippen molar-refractivity contribution in [2.75, 3.05) is 6.61 Å². The lowest BCUT2D eigenvalue weighted by Gasteiger charge is -2.56. The maximum atomic E-state index is 13.4. The number of carbonyl (C=O) groups excluding carboxylic acids is 3. The Morgan fingerprint density at radius 2 is 1.42 bits per heavy atom. The van der Waals surface area contributed by atoms with E-state index in [-0.39, 0.29) is 29.4 Å². The first-order valence-electron chi connectivity index (χ1n) is 13.7. The van der Waals surface area contributed by atoms with Crippen LogP contribution in [-0.4, -0.2) is 34.4 Å². The number of esters is 1. The zero-order chi connectivity index (χ0) is 26.4. The van der Waals surface area contributed by atoms with Crippen molar-refractivity contribution in [3.63, 3.8) is 0 Å². The zero-order valence-electron chi connectivity index (χ0n) is 22.0. The van der Waals surface area contributed by atoms with Crippen LogP contribution in [0.4, 0.5) is 0 Å². The molecule has 4 aliphatic rings. The van der Waals surface area contributed by atoms with E-state index in [1.54, 1.807) is 24.3 Å². The molecule has 196 valence electrons. The average molecular weight is 511 g/mol. The van der Waals surface area contributed by atoms with E-state index in [2.05, 4.69) is 5.32 Å². The molecule has 0 saturated heterocycles. The fraction of sp³-hybridized carbons (Fsp3) is 0.406. The number of hydrogen-bond donors (Lipinski definition) is 1. The Morgan fingerprint density at radius 1 is 0.842 bits per heavy atom. The van der Waals surface area contributed by atoms with Gasteiger partial charge in [0.15, 0.2) is 6.61 Å². The van der Waals surface area contributed by atoms with Crippen molar-refractivity contribution < 1.29 is 19.1 Å². The summed E-state index contributed by atoms with van der Waals surface area (Å²) in [5.74, 6) is 0.956. The number of aryl methyl sites for hydroxylation is 1. The molecule has 1 heterocycles. The zero-order valence-corrected chi connectivity index (χ0v) is 22.0. The molecular formula is C32H34N2O4. The Bertz CT molecular complexity index is 1370. The summed E-state index contributed by atoms with van der Waals surface area (Å²) in [5.41, 5.74) is 3.56. The second kappa shape index (κ2) is 9.57. The van der Waals surface area contributed by atoms with E-state index in [1.807, 2.05) is 54.8 Å². The van der Waals surface area contributed by atoms with Crippen LogP contribution in [0.1, 0.15) is 81.0 Å². The number of ether oxygens (including phenoxy) is 1. The third kappa shape index (κ3) is 4.46. The van der Waals surface area contributed by atoms with E-state index in [9.17, 15) is 14.4 Å². The molecule has 3 aromatic rings. The van der Waals surface area contributed by atoms with Gasteiger partial charge in [0.1, 0.15) is 0 Å². The van der Waals surface area contributed by atoms with Gasteiger partial charge in [-0.25, -0.2) is 4.79 Å². The molecule has 4 bridgehead atoms. The van der Waals surface area contributed by atoms with Gasteiger partial charge in [-0.1, -0.05) is 30.3 Å². The van der Waals surface area contributed by atoms with Gasteiger partial charge < -0.3 is 14.6 Å². The molecule has 38 heavy (non-hydrogen) atoms. The summed E-state index contributed by atoms with van der Waals surface area (Å²) in [6.07, 6.45) is 6.98. The molecule has 6 nitrogen and oxygen atoms in total. The predicted molar refractivity (Wildman–Crippen MR) is 145 cm³/mol. The maximum absolute atomic E-state index is 13.4. The fourth-order valence-corrected chi connectivity index (χ4v) is 7.74. The number of nitrogens with one attached hydrogen (secondary N) is 1. The van der Waals surface area contributed by atoms with Crippen molar-refractivity contribution >= 4 is 17.7 Å². The second-order valence-electron chi connectivity index (χ2n) is 11.7. The van der Waals surface area contributed by atoms with Gasteiger partial charge in [0.05, 0.1) is 11.1 Å². The van der Waals surface area contributed by atoms with Crippen molar-refractivity contribution in [3.05, 3.63) is 88.7 Å². The lowest BCUT2D eigenvalue weighted by Crippen LogP contribution is -2.59. The first-order valence-corrected chi connectivity index (χ1v) is 13.7. The molecule has 0 unspecified atom stereocenters. The van der Waals surface area contributed by atoms with Crippen LogP contribution in [0.3, 0.4) is 0 Å². The minimum absolute atomic E-state index is 0.153. The molecule has 1 amide bonds. The Hall–Kier alpha value is -3.67.